The van der Waals surface area contributed by atoms with Crippen molar-refractivity contribution in [1.82, 2.24) is 4.98 Å². The molecule has 0 fully saturated rings. The zero-order valence-corrected chi connectivity index (χ0v) is 15.0. The maximum atomic E-state index is 12.9. The van der Waals surface area contributed by atoms with Crippen LogP contribution in [0.15, 0.2) is 48.7 Å². The molecule has 0 spiro atoms. The Morgan fingerprint density at radius 2 is 1.96 bits per heavy atom. The van der Waals surface area contributed by atoms with Gasteiger partial charge in [0.2, 0.25) is 0 Å². The smallest absolute Gasteiger partial charge is 0.416 e. The normalized spacial score (nSPS) is 11.4. The van der Waals surface area contributed by atoms with Crippen molar-refractivity contribution in [2.45, 2.75) is 19.6 Å². The summed E-state index contributed by atoms with van der Waals surface area (Å²) < 4.78 is 43.9. The third-order valence-corrected chi connectivity index (χ3v) is 4.15. The van der Waals surface area contributed by atoms with Crippen LogP contribution in [0.4, 0.5) is 24.5 Å². The zero-order chi connectivity index (χ0) is 20.3. The van der Waals surface area contributed by atoms with Gasteiger partial charge in [-0.1, -0.05) is 24.3 Å². The predicted molar refractivity (Wildman–Crippen MR) is 101 cm³/mol. The topological polar surface area (TPSA) is 77.2 Å². The van der Waals surface area contributed by atoms with Gasteiger partial charge in [0.05, 0.1) is 29.1 Å². The molecule has 0 radical (unpaired) electrons. The van der Waals surface area contributed by atoms with Crippen molar-refractivity contribution in [2.75, 3.05) is 17.7 Å². The number of para-hydroxylation sites is 1. The number of anilines is 2. The second-order valence-corrected chi connectivity index (χ2v) is 6.06. The van der Waals surface area contributed by atoms with Crippen LogP contribution in [0.3, 0.4) is 0 Å². The van der Waals surface area contributed by atoms with E-state index in [9.17, 15) is 18.0 Å². The first kappa shape index (κ1) is 19.5. The molecule has 0 saturated heterocycles. The molecule has 2 aromatic carbocycles. The fraction of sp³-hybridized carbons (Fsp3) is 0.200. The Morgan fingerprint density at radius 3 is 2.68 bits per heavy atom. The number of pyridine rings is 1. The van der Waals surface area contributed by atoms with Gasteiger partial charge in [0, 0.05) is 18.1 Å². The minimum Gasteiger partial charge on any atom is -0.462 e. The number of halogens is 3. The lowest BCUT2D eigenvalue weighted by Gasteiger charge is -2.15. The van der Waals surface area contributed by atoms with Gasteiger partial charge < -0.3 is 15.8 Å². The number of nitrogen functional groups attached to an aromatic ring is 1. The van der Waals surface area contributed by atoms with Crippen LogP contribution >= 0.6 is 0 Å². The summed E-state index contributed by atoms with van der Waals surface area (Å²) >= 11 is 0. The van der Waals surface area contributed by atoms with E-state index < -0.39 is 17.7 Å². The molecule has 146 valence electrons. The Labute approximate surface area is 159 Å². The van der Waals surface area contributed by atoms with E-state index in [4.69, 9.17) is 10.5 Å². The fourth-order valence-corrected chi connectivity index (χ4v) is 2.85. The molecule has 8 heteroatoms. The van der Waals surface area contributed by atoms with Gasteiger partial charge in [-0.3, -0.25) is 4.98 Å². The Bertz CT molecular complexity index is 1020. The van der Waals surface area contributed by atoms with E-state index in [1.165, 1.54) is 12.3 Å². The van der Waals surface area contributed by atoms with E-state index in [2.05, 4.69) is 10.3 Å². The number of nitrogens with zero attached hydrogens (tertiary/aromatic N) is 1. The number of carbonyl (C=O) groups is 1. The molecule has 1 heterocycles. The monoisotopic (exact) mass is 389 g/mol. The molecule has 0 unspecified atom stereocenters. The van der Waals surface area contributed by atoms with Crippen LogP contribution in [0, 0.1) is 0 Å². The van der Waals surface area contributed by atoms with E-state index >= 15 is 0 Å². The standard InChI is InChI=1S/C20H18F3N3O2/c1-2-28-19(27)15-11-26-18-14(7-4-8-16(18)24)17(15)25-10-12-5-3-6-13(9-12)20(21,22)23/h3-9,11H,2,10,24H2,1H3,(H,25,26). The number of esters is 1. The molecule has 0 bridgehead atoms. The number of hydrogen-bond donors (Lipinski definition) is 2. The lowest BCUT2D eigenvalue weighted by atomic mass is 10.1. The Balaban J connectivity index is 2.00. The Morgan fingerprint density at radius 1 is 1.21 bits per heavy atom. The second kappa shape index (κ2) is 7.75. The van der Waals surface area contributed by atoms with Crippen LogP contribution in [0.2, 0.25) is 0 Å². The van der Waals surface area contributed by atoms with Crippen molar-refractivity contribution in [3.63, 3.8) is 0 Å². The zero-order valence-electron chi connectivity index (χ0n) is 15.0. The van der Waals surface area contributed by atoms with Crippen molar-refractivity contribution in [3.05, 3.63) is 65.4 Å². The maximum absolute atomic E-state index is 12.9. The van der Waals surface area contributed by atoms with Crippen LogP contribution in [0.1, 0.15) is 28.4 Å². The highest BCUT2D eigenvalue weighted by Crippen LogP contribution is 2.32. The van der Waals surface area contributed by atoms with Crippen molar-refractivity contribution in [1.29, 1.82) is 0 Å². The average molecular weight is 389 g/mol. The SMILES string of the molecule is CCOC(=O)c1cnc2c(N)cccc2c1NCc1cccc(C(F)(F)F)c1. The summed E-state index contributed by atoms with van der Waals surface area (Å²) in [5.41, 5.74) is 7.15. The summed E-state index contributed by atoms with van der Waals surface area (Å²) in [4.78, 5) is 16.5. The van der Waals surface area contributed by atoms with Gasteiger partial charge in [-0.05, 0) is 30.7 Å². The summed E-state index contributed by atoms with van der Waals surface area (Å²) in [5.74, 6) is -0.578. The molecule has 0 saturated carbocycles. The lowest BCUT2D eigenvalue weighted by molar-refractivity contribution is -0.137. The molecular formula is C20H18F3N3O2. The van der Waals surface area contributed by atoms with E-state index in [0.717, 1.165) is 12.1 Å². The Hall–Kier alpha value is -3.29. The number of nitrogens with one attached hydrogen (secondary N) is 1. The first-order valence-electron chi connectivity index (χ1n) is 8.55. The predicted octanol–water partition coefficient (Wildman–Crippen LogP) is 4.62. The maximum Gasteiger partial charge on any atom is 0.416 e. The number of hydrogen-bond acceptors (Lipinski definition) is 5. The minimum absolute atomic E-state index is 0.0736. The first-order valence-corrected chi connectivity index (χ1v) is 8.55. The van der Waals surface area contributed by atoms with Crippen molar-refractivity contribution in [2.24, 2.45) is 0 Å². The van der Waals surface area contributed by atoms with Crippen molar-refractivity contribution >= 4 is 28.2 Å². The number of fused-ring (bicyclic) bond motifs is 1. The fourth-order valence-electron chi connectivity index (χ4n) is 2.85. The summed E-state index contributed by atoms with van der Waals surface area (Å²) in [6.07, 6.45) is -3.07. The van der Waals surface area contributed by atoms with E-state index in [-0.39, 0.29) is 18.7 Å². The molecule has 1 aromatic heterocycles. The molecular weight excluding hydrogens is 371 g/mol. The van der Waals surface area contributed by atoms with E-state index in [0.29, 0.717) is 27.8 Å². The molecule has 0 aliphatic heterocycles. The molecule has 3 aromatic rings. The molecule has 3 N–H and O–H groups in total. The summed E-state index contributed by atoms with van der Waals surface area (Å²) in [7, 11) is 0. The van der Waals surface area contributed by atoms with Crippen LogP contribution in [-0.4, -0.2) is 17.6 Å². The largest absolute Gasteiger partial charge is 0.462 e. The highest BCUT2D eigenvalue weighted by atomic mass is 19.4. The Kier molecular flexibility index (Phi) is 5.39. The number of rotatable bonds is 5. The van der Waals surface area contributed by atoms with Crippen LogP contribution < -0.4 is 11.1 Å². The summed E-state index contributed by atoms with van der Waals surface area (Å²) in [5, 5.41) is 3.64. The molecule has 28 heavy (non-hydrogen) atoms. The molecule has 0 aliphatic rings. The number of carbonyl (C=O) groups excluding carboxylic acids is 1. The number of aromatic nitrogens is 1. The van der Waals surface area contributed by atoms with E-state index in [1.807, 2.05) is 0 Å². The second-order valence-electron chi connectivity index (χ2n) is 6.06. The third-order valence-electron chi connectivity index (χ3n) is 4.15. The van der Waals surface area contributed by atoms with Crippen molar-refractivity contribution in [3.8, 4) is 0 Å². The number of benzene rings is 2. The number of ether oxygens (including phenoxy) is 1. The van der Waals surface area contributed by atoms with Gasteiger partial charge in [0.25, 0.3) is 0 Å². The van der Waals surface area contributed by atoms with Gasteiger partial charge in [0.15, 0.2) is 0 Å². The van der Waals surface area contributed by atoms with Crippen molar-refractivity contribution < 1.29 is 22.7 Å². The molecule has 3 rings (SSSR count). The molecule has 0 atom stereocenters. The molecule has 0 amide bonds. The van der Waals surface area contributed by atoms with Crippen LogP contribution in [0.5, 0.6) is 0 Å². The van der Waals surface area contributed by atoms with Gasteiger partial charge in [-0.25, -0.2) is 4.79 Å². The molecule has 5 nitrogen and oxygen atoms in total. The third kappa shape index (κ3) is 4.00. The highest BCUT2D eigenvalue weighted by molar-refractivity contribution is 6.07. The summed E-state index contributed by atoms with van der Waals surface area (Å²) in [6, 6.07) is 10.1. The average Bonchev–Trinajstić information content (AvgIpc) is 2.66. The highest BCUT2D eigenvalue weighted by Gasteiger charge is 2.30. The van der Waals surface area contributed by atoms with Crippen LogP contribution in [0.25, 0.3) is 10.9 Å². The minimum atomic E-state index is -4.43. The van der Waals surface area contributed by atoms with Gasteiger partial charge >= 0.3 is 12.1 Å². The first-order chi connectivity index (χ1) is 13.3. The summed E-state index contributed by atoms with van der Waals surface area (Å²) in [6.45, 7) is 1.94. The number of alkyl halides is 3. The van der Waals surface area contributed by atoms with Gasteiger partial charge in [0.1, 0.15) is 5.56 Å². The quantitative estimate of drug-likeness (QED) is 0.492. The lowest BCUT2D eigenvalue weighted by Crippen LogP contribution is -2.12. The van der Waals surface area contributed by atoms with E-state index in [1.54, 1.807) is 31.2 Å². The van der Waals surface area contributed by atoms with Gasteiger partial charge in [-0.2, -0.15) is 13.2 Å². The molecule has 0 aliphatic carbocycles. The van der Waals surface area contributed by atoms with Crippen LogP contribution in [-0.2, 0) is 17.5 Å². The number of nitrogens with two attached hydrogens (primary N) is 1. The van der Waals surface area contributed by atoms with Gasteiger partial charge in [-0.15, -0.1) is 0 Å².